The average Bonchev–Trinajstić information content (AvgIpc) is 2.23. The Balaban J connectivity index is 2.96. The number of methoxy groups -OCH3 is 1. The van der Waals surface area contributed by atoms with Crippen LogP contribution in [0.2, 0.25) is 0 Å². The van der Waals surface area contributed by atoms with Gasteiger partial charge < -0.3 is 4.74 Å². The van der Waals surface area contributed by atoms with Gasteiger partial charge >= 0.3 is 5.97 Å². The molecule has 1 N–H and O–H groups in total. The van der Waals surface area contributed by atoms with Crippen LogP contribution in [0.3, 0.4) is 0 Å². The van der Waals surface area contributed by atoms with Crippen molar-refractivity contribution in [2.24, 2.45) is 11.8 Å². The maximum absolute atomic E-state index is 12.1. The van der Waals surface area contributed by atoms with E-state index in [4.69, 9.17) is 4.74 Å². The zero-order valence-corrected chi connectivity index (χ0v) is 11.2. The second-order valence-corrected chi connectivity index (χ2v) is 5.42. The molecule has 0 bridgehead atoms. The summed E-state index contributed by atoms with van der Waals surface area (Å²) in [6.45, 7) is 8.55. The van der Waals surface area contributed by atoms with Gasteiger partial charge in [0.15, 0.2) is 0 Å². The lowest BCUT2D eigenvalue weighted by molar-refractivity contribution is -0.154. The van der Waals surface area contributed by atoms with Gasteiger partial charge in [0, 0.05) is 6.04 Å². The summed E-state index contributed by atoms with van der Waals surface area (Å²) in [6.07, 6.45) is 3.20. The Morgan fingerprint density at radius 1 is 1.44 bits per heavy atom. The number of carbonyl (C=O) groups is 1. The molecule has 0 aromatic rings. The zero-order valence-electron chi connectivity index (χ0n) is 11.2. The van der Waals surface area contributed by atoms with E-state index in [0.717, 1.165) is 12.8 Å². The minimum atomic E-state index is -0.472. The van der Waals surface area contributed by atoms with E-state index in [0.29, 0.717) is 17.9 Å². The van der Waals surface area contributed by atoms with E-state index in [1.807, 2.05) is 0 Å². The normalized spacial score (nSPS) is 35.1. The third kappa shape index (κ3) is 2.40. The van der Waals surface area contributed by atoms with Crippen LogP contribution >= 0.6 is 0 Å². The van der Waals surface area contributed by atoms with E-state index in [2.05, 4.69) is 33.0 Å². The van der Waals surface area contributed by atoms with Crippen molar-refractivity contribution in [2.75, 3.05) is 7.11 Å². The molecule has 1 saturated carbocycles. The van der Waals surface area contributed by atoms with Crippen molar-refractivity contribution in [3.8, 4) is 0 Å². The third-order valence-corrected chi connectivity index (χ3v) is 3.96. The first-order valence-electron chi connectivity index (χ1n) is 6.30. The number of nitrogens with one attached hydrogen (secondary N) is 1. The maximum Gasteiger partial charge on any atom is 0.326 e. The van der Waals surface area contributed by atoms with Gasteiger partial charge in [0.05, 0.1) is 7.11 Å². The molecule has 1 aliphatic carbocycles. The molecule has 0 aromatic heterocycles. The summed E-state index contributed by atoms with van der Waals surface area (Å²) in [4.78, 5) is 12.1. The number of esters is 1. The van der Waals surface area contributed by atoms with Crippen molar-refractivity contribution in [1.82, 2.24) is 5.32 Å². The van der Waals surface area contributed by atoms with Gasteiger partial charge in [0.25, 0.3) is 0 Å². The molecular weight excluding hydrogens is 202 g/mol. The van der Waals surface area contributed by atoms with Crippen LogP contribution in [-0.2, 0) is 9.53 Å². The molecule has 0 aliphatic heterocycles. The first-order valence-corrected chi connectivity index (χ1v) is 6.30. The van der Waals surface area contributed by atoms with Crippen molar-refractivity contribution in [3.63, 3.8) is 0 Å². The molecule has 3 nitrogen and oxygen atoms in total. The van der Waals surface area contributed by atoms with E-state index in [-0.39, 0.29) is 5.97 Å². The van der Waals surface area contributed by atoms with Gasteiger partial charge in [0.1, 0.15) is 5.54 Å². The summed E-state index contributed by atoms with van der Waals surface area (Å²) in [5.74, 6) is 0.801. The van der Waals surface area contributed by atoms with Gasteiger partial charge in [-0.3, -0.25) is 10.1 Å². The predicted molar refractivity (Wildman–Crippen MR) is 65.2 cm³/mol. The van der Waals surface area contributed by atoms with E-state index >= 15 is 0 Å². The Morgan fingerprint density at radius 2 is 2.06 bits per heavy atom. The highest BCUT2D eigenvalue weighted by Crippen LogP contribution is 2.38. The topological polar surface area (TPSA) is 38.3 Å². The minimum absolute atomic E-state index is 0.0970. The summed E-state index contributed by atoms with van der Waals surface area (Å²) in [6, 6.07) is 0.298. The summed E-state index contributed by atoms with van der Waals surface area (Å²) in [7, 11) is 1.48. The lowest BCUT2D eigenvalue weighted by Crippen LogP contribution is -2.62. The highest BCUT2D eigenvalue weighted by Gasteiger charge is 2.48. The molecule has 0 amide bonds. The quantitative estimate of drug-likeness (QED) is 0.752. The Kier molecular flexibility index (Phi) is 4.36. The van der Waals surface area contributed by atoms with Gasteiger partial charge in [-0.15, -0.1) is 0 Å². The molecular formula is C13H25NO2. The first-order chi connectivity index (χ1) is 7.44. The van der Waals surface area contributed by atoms with E-state index < -0.39 is 5.54 Å². The molecule has 1 aliphatic rings. The van der Waals surface area contributed by atoms with Crippen LogP contribution in [0.25, 0.3) is 0 Å². The van der Waals surface area contributed by atoms with Crippen molar-refractivity contribution in [2.45, 2.75) is 58.5 Å². The van der Waals surface area contributed by atoms with Crippen LogP contribution in [-0.4, -0.2) is 24.7 Å². The Labute approximate surface area is 98.9 Å². The second kappa shape index (κ2) is 5.17. The fraction of sp³-hybridized carbons (Fsp3) is 0.923. The first kappa shape index (κ1) is 13.5. The molecule has 0 spiro atoms. The number of hydrogen-bond donors (Lipinski definition) is 1. The molecule has 3 unspecified atom stereocenters. The zero-order chi connectivity index (χ0) is 12.3. The molecule has 0 radical (unpaired) electrons. The van der Waals surface area contributed by atoms with E-state index in [9.17, 15) is 4.79 Å². The van der Waals surface area contributed by atoms with Gasteiger partial charge in [-0.2, -0.15) is 0 Å². The van der Waals surface area contributed by atoms with Crippen molar-refractivity contribution in [1.29, 1.82) is 0 Å². The van der Waals surface area contributed by atoms with Crippen molar-refractivity contribution < 1.29 is 9.53 Å². The number of ether oxygens (including phenoxy) is 1. The number of carbonyl (C=O) groups excluding carboxylic acids is 1. The van der Waals surface area contributed by atoms with Gasteiger partial charge in [-0.1, -0.05) is 26.7 Å². The molecule has 0 aromatic carbocycles. The Hall–Kier alpha value is -0.570. The predicted octanol–water partition coefficient (Wildman–Crippen LogP) is 2.35. The second-order valence-electron chi connectivity index (χ2n) is 5.42. The van der Waals surface area contributed by atoms with Gasteiger partial charge in [-0.05, 0) is 32.1 Å². The standard InChI is InChI=1S/C13H25NO2/c1-9(2)14-13(12(15)16-5)8-6-7-10(3)11(13)4/h9-11,14H,6-8H2,1-5H3. The average molecular weight is 227 g/mol. The lowest BCUT2D eigenvalue weighted by Gasteiger charge is -2.45. The van der Waals surface area contributed by atoms with Crippen LogP contribution in [0.4, 0.5) is 0 Å². The van der Waals surface area contributed by atoms with Crippen LogP contribution in [0.1, 0.15) is 47.0 Å². The summed E-state index contributed by atoms with van der Waals surface area (Å²) >= 11 is 0. The van der Waals surface area contributed by atoms with Crippen LogP contribution in [0, 0.1) is 11.8 Å². The fourth-order valence-electron chi connectivity index (χ4n) is 2.91. The molecule has 1 rings (SSSR count). The van der Waals surface area contributed by atoms with Crippen LogP contribution < -0.4 is 5.32 Å². The maximum atomic E-state index is 12.1. The SMILES string of the molecule is COC(=O)C1(NC(C)C)CCCC(C)C1C. The van der Waals surface area contributed by atoms with Crippen molar-refractivity contribution in [3.05, 3.63) is 0 Å². The summed E-state index contributed by atoms with van der Waals surface area (Å²) in [5, 5.41) is 3.45. The smallest absolute Gasteiger partial charge is 0.326 e. The molecule has 3 heteroatoms. The Bertz CT molecular complexity index is 252. The summed E-state index contributed by atoms with van der Waals surface area (Å²) in [5.41, 5.74) is -0.472. The molecule has 94 valence electrons. The molecule has 0 saturated heterocycles. The molecule has 1 fully saturated rings. The molecule has 16 heavy (non-hydrogen) atoms. The lowest BCUT2D eigenvalue weighted by atomic mass is 9.68. The van der Waals surface area contributed by atoms with Crippen LogP contribution in [0.5, 0.6) is 0 Å². The summed E-state index contributed by atoms with van der Waals surface area (Å²) < 4.78 is 5.01. The number of rotatable bonds is 3. The van der Waals surface area contributed by atoms with E-state index in [1.54, 1.807) is 0 Å². The highest BCUT2D eigenvalue weighted by molar-refractivity contribution is 5.81. The van der Waals surface area contributed by atoms with Gasteiger partial charge in [0.2, 0.25) is 0 Å². The highest BCUT2D eigenvalue weighted by atomic mass is 16.5. The third-order valence-electron chi connectivity index (χ3n) is 3.96. The monoisotopic (exact) mass is 227 g/mol. The number of hydrogen-bond acceptors (Lipinski definition) is 3. The minimum Gasteiger partial charge on any atom is -0.468 e. The molecule has 3 atom stereocenters. The fourth-order valence-corrected chi connectivity index (χ4v) is 2.91. The Morgan fingerprint density at radius 3 is 2.56 bits per heavy atom. The van der Waals surface area contributed by atoms with E-state index in [1.165, 1.54) is 13.5 Å². The largest absolute Gasteiger partial charge is 0.468 e. The van der Waals surface area contributed by atoms with Crippen molar-refractivity contribution >= 4 is 5.97 Å². The van der Waals surface area contributed by atoms with Crippen LogP contribution in [0.15, 0.2) is 0 Å². The molecule has 0 heterocycles. The van der Waals surface area contributed by atoms with Gasteiger partial charge in [-0.25, -0.2) is 0 Å².